The zero-order valence-electron chi connectivity index (χ0n) is 20.9. The second-order valence-corrected chi connectivity index (χ2v) is 10.1. The first kappa shape index (κ1) is 25.5. The van der Waals surface area contributed by atoms with Gasteiger partial charge in [0, 0.05) is 33.1 Å². The van der Waals surface area contributed by atoms with Crippen molar-refractivity contribution in [3.8, 4) is 5.75 Å². The number of ether oxygens (including phenoxy) is 1. The van der Waals surface area contributed by atoms with Crippen LogP contribution in [-0.4, -0.2) is 78.9 Å². The minimum Gasteiger partial charge on any atom is -0.491 e. The molecule has 1 aromatic rings. The molecule has 184 valence electrons. The molecular formula is C27H43N3O3. The lowest BCUT2D eigenvalue weighted by molar-refractivity contribution is -0.135. The summed E-state index contributed by atoms with van der Waals surface area (Å²) < 4.78 is 6.27. The number of carbonyl (C=O) groups is 2. The number of para-hydroxylation sites is 1. The predicted molar refractivity (Wildman–Crippen MR) is 133 cm³/mol. The third-order valence-corrected chi connectivity index (χ3v) is 6.88. The molecule has 1 saturated heterocycles. The molecule has 6 heteroatoms. The lowest BCUT2D eigenvalue weighted by Crippen LogP contribution is -2.46. The van der Waals surface area contributed by atoms with Crippen molar-refractivity contribution in [1.82, 2.24) is 14.7 Å². The van der Waals surface area contributed by atoms with Crippen LogP contribution in [0, 0.1) is 5.92 Å². The van der Waals surface area contributed by atoms with Crippen LogP contribution in [0.4, 0.5) is 0 Å². The summed E-state index contributed by atoms with van der Waals surface area (Å²) in [6.45, 7) is 9.43. The van der Waals surface area contributed by atoms with E-state index < -0.39 is 0 Å². The molecule has 0 spiro atoms. The van der Waals surface area contributed by atoms with E-state index in [-0.39, 0.29) is 17.9 Å². The van der Waals surface area contributed by atoms with E-state index in [4.69, 9.17) is 4.74 Å². The van der Waals surface area contributed by atoms with Gasteiger partial charge >= 0.3 is 0 Å². The van der Waals surface area contributed by atoms with Crippen molar-refractivity contribution < 1.29 is 14.3 Å². The third-order valence-electron chi connectivity index (χ3n) is 6.88. The van der Waals surface area contributed by atoms with E-state index in [2.05, 4.69) is 23.6 Å². The Hall–Kier alpha value is -2.08. The number of amides is 2. The highest BCUT2D eigenvalue weighted by atomic mass is 16.5. The first-order valence-corrected chi connectivity index (χ1v) is 12.9. The molecule has 0 radical (unpaired) electrons. The minimum absolute atomic E-state index is 0.00150. The number of benzene rings is 1. The molecule has 0 aliphatic carbocycles. The van der Waals surface area contributed by atoms with Gasteiger partial charge in [-0.1, -0.05) is 38.8 Å². The number of fused-ring (bicyclic) bond motifs is 1. The van der Waals surface area contributed by atoms with E-state index in [0.29, 0.717) is 30.3 Å². The monoisotopic (exact) mass is 457 g/mol. The van der Waals surface area contributed by atoms with Gasteiger partial charge < -0.3 is 19.4 Å². The minimum atomic E-state index is 0.00150. The third kappa shape index (κ3) is 7.73. The fourth-order valence-electron chi connectivity index (χ4n) is 4.99. The lowest BCUT2D eigenvalue weighted by atomic mass is 10.0. The Morgan fingerprint density at radius 3 is 2.39 bits per heavy atom. The average Bonchev–Trinajstić information content (AvgIpc) is 3.32. The van der Waals surface area contributed by atoms with Gasteiger partial charge in [0.1, 0.15) is 12.4 Å². The summed E-state index contributed by atoms with van der Waals surface area (Å²) in [6, 6.07) is 7.53. The maximum absolute atomic E-state index is 13.4. The van der Waals surface area contributed by atoms with E-state index in [9.17, 15) is 9.59 Å². The zero-order valence-corrected chi connectivity index (χ0v) is 20.9. The van der Waals surface area contributed by atoms with Crippen LogP contribution in [0.25, 0.3) is 0 Å². The molecule has 1 aromatic carbocycles. The summed E-state index contributed by atoms with van der Waals surface area (Å²) in [7, 11) is 1.87. The SMILES string of the molecule is CC(C)C[C@H]1COc2ccccc2C(=O)N(C)CCCCCCN1C(=O)CCN1CCCC1. The molecule has 0 N–H and O–H groups in total. The van der Waals surface area contributed by atoms with E-state index in [1.54, 1.807) is 4.90 Å². The van der Waals surface area contributed by atoms with Crippen LogP contribution in [-0.2, 0) is 4.79 Å². The van der Waals surface area contributed by atoms with Gasteiger partial charge in [0.2, 0.25) is 5.91 Å². The summed E-state index contributed by atoms with van der Waals surface area (Å²) in [5.74, 6) is 1.31. The zero-order chi connectivity index (χ0) is 23.6. The number of rotatable bonds is 5. The molecule has 2 aliphatic heterocycles. The van der Waals surface area contributed by atoms with Crippen LogP contribution in [0.5, 0.6) is 5.75 Å². The van der Waals surface area contributed by atoms with Gasteiger partial charge in [0.05, 0.1) is 11.6 Å². The molecule has 0 bridgehead atoms. The molecule has 2 heterocycles. The van der Waals surface area contributed by atoms with Gasteiger partial charge in [0.15, 0.2) is 0 Å². The molecule has 1 fully saturated rings. The quantitative estimate of drug-likeness (QED) is 0.656. The van der Waals surface area contributed by atoms with Crippen molar-refractivity contribution in [3.05, 3.63) is 29.8 Å². The van der Waals surface area contributed by atoms with Crippen molar-refractivity contribution in [3.63, 3.8) is 0 Å². The van der Waals surface area contributed by atoms with Gasteiger partial charge in [0.25, 0.3) is 5.91 Å². The summed E-state index contributed by atoms with van der Waals surface area (Å²) in [4.78, 5) is 32.7. The number of nitrogens with zero attached hydrogens (tertiary/aromatic N) is 3. The molecular weight excluding hydrogens is 414 g/mol. The van der Waals surface area contributed by atoms with E-state index in [1.165, 1.54) is 12.8 Å². The second kappa shape index (κ2) is 13.0. The maximum Gasteiger partial charge on any atom is 0.257 e. The lowest BCUT2D eigenvalue weighted by Gasteiger charge is -2.34. The molecule has 33 heavy (non-hydrogen) atoms. The first-order chi connectivity index (χ1) is 16.0. The molecule has 2 aliphatic rings. The maximum atomic E-state index is 13.4. The molecule has 3 rings (SSSR count). The molecule has 0 aromatic heterocycles. The van der Waals surface area contributed by atoms with Crippen molar-refractivity contribution in [2.24, 2.45) is 5.92 Å². The molecule has 6 nitrogen and oxygen atoms in total. The highest BCUT2D eigenvalue weighted by Crippen LogP contribution is 2.23. The molecule has 0 saturated carbocycles. The average molecular weight is 458 g/mol. The molecule has 0 unspecified atom stereocenters. The number of hydrogen-bond acceptors (Lipinski definition) is 4. The van der Waals surface area contributed by atoms with Gasteiger partial charge in [-0.3, -0.25) is 9.59 Å². The Labute approximate surface area is 200 Å². The van der Waals surface area contributed by atoms with E-state index in [0.717, 1.165) is 64.8 Å². The topological polar surface area (TPSA) is 53.1 Å². The fraction of sp³-hybridized carbons (Fsp3) is 0.704. The van der Waals surface area contributed by atoms with Crippen LogP contribution < -0.4 is 4.74 Å². The van der Waals surface area contributed by atoms with Crippen molar-refractivity contribution >= 4 is 11.8 Å². The van der Waals surface area contributed by atoms with Crippen molar-refractivity contribution in [1.29, 1.82) is 0 Å². The first-order valence-electron chi connectivity index (χ1n) is 12.9. The molecule has 1 atom stereocenters. The van der Waals surface area contributed by atoms with Crippen LogP contribution >= 0.6 is 0 Å². The molecule has 2 amide bonds. The van der Waals surface area contributed by atoms with E-state index >= 15 is 0 Å². The summed E-state index contributed by atoms with van der Waals surface area (Å²) in [5, 5.41) is 0. The van der Waals surface area contributed by atoms with Gasteiger partial charge in [-0.15, -0.1) is 0 Å². The predicted octanol–water partition coefficient (Wildman–Crippen LogP) is 4.44. The Morgan fingerprint density at radius 1 is 1.00 bits per heavy atom. The largest absolute Gasteiger partial charge is 0.491 e. The summed E-state index contributed by atoms with van der Waals surface area (Å²) in [5.41, 5.74) is 0.604. The normalized spacial score (nSPS) is 21.6. The van der Waals surface area contributed by atoms with Crippen molar-refractivity contribution in [2.75, 3.05) is 46.4 Å². The van der Waals surface area contributed by atoms with Crippen LogP contribution in [0.3, 0.4) is 0 Å². The highest BCUT2D eigenvalue weighted by Gasteiger charge is 2.27. The smallest absolute Gasteiger partial charge is 0.257 e. The number of likely N-dealkylation sites (tertiary alicyclic amines) is 1. The van der Waals surface area contributed by atoms with Crippen molar-refractivity contribution in [2.45, 2.75) is 71.3 Å². The second-order valence-electron chi connectivity index (χ2n) is 10.1. The van der Waals surface area contributed by atoms with Crippen LogP contribution in [0.1, 0.15) is 75.6 Å². The van der Waals surface area contributed by atoms with E-state index in [1.807, 2.05) is 31.3 Å². The number of hydrogen-bond donors (Lipinski definition) is 0. The van der Waals surface area contributed by atoms with Crippen LogP contribution in [0.15, 0.2) is 24.3 Å². The Morgan fingerprint density at radius 2 is 1.67 bits per heavy atom. The Balaban J connectivity index is 1.78. The van der Waals surface area contributed by atoms with Crippen LogP contribution in [0.2, 0.25) is 0 Å². The van der Waals surface area contributed by atoms with Gasteiger partial charge in [-0.05, 0) is 63.2 Å². The fourth-order valence-corrected chi connectivity index (χ4v) is 4.99. The van der Waals surface area contributed by atoms with Gasteiger partial charge in [-0.25, -0.2) is 0 Å². The Kier molecular flexibility index (Phi) is 10.0. The summed E-state index contributed by atoms with van der Waals surface area (Å²) in [6.07, 6.45) is 8.08. The highest BCUT2D eigenvalue weighted by molar-refractivity contribution is 5.96. The van der Waals surface area contributed by atoms with Gasteiger partial charge in [-0.2, -0.15) is 0 Å². The summed E-state index contributed by atoms with van der Waals surface area (Å²) >= 11 is 0. The Bertz CT molecular complexity index is 761. The standard InChI is InChI=1S/C27H43N3O3/c1-22(2)20-23-21-33-25-13-7-6-12-24(25)27(32)28(3)15-8-4-5-9-18-30(23)26(31)14-19-29-16-10-11-17-29/h6-7,12-13,22-23H,4-5,8-11,14-21H2,1-3H3/t23-/m0/s1. The number of carbonyl (C=O) groups excluding carboxylic acids is 2.